The van der Waals surface area contributed by atoms with Crippen molar-refractivity contribution in [2.75, 3.05) is 0 Å². The Labute approximate surface area is 101 Å². The fraction of sp³-hybridized carbons (Fsp3) is 0.111. The second-order valence-corrected chi connectivity index (χ2v) is 4.97. The van der Waals surface area contributed by atoms with Gasteiger partial charge >= 0.3 is 11.0 Å². The van der Waals surface area contributed by atoms with Crippen LogP contribution in [0.5, 0.6) is 10.9 Å². The van der Waals surface area contributed by atoms with Crippen LogP contribution in [0.2, 0.25) is 0 Å². The van der Waals surface area contributed by atoms with E-state index in [1.54, 1.807) is 0 Å². The molecule has 0 aliphatic rings. The molecule has 1 heterocycles. The zero-order valence-electron chi connectivity index (χ0n) is 8.02. The quantitative estimate of drug-likeness (QED) is 0.791. The third-order valence-electron chi connectivity index (χ3n) is 1.73. The van der Waals surface area contributed by atoms with Gasteiger partial charge in [-0.3, -0.25) is 4.79 Å². The standard InChI is InChI=1S/C9H4F3NO2S2/c10-9(11,12)5-2-1-3-6(4-5)15-8-13-7(14)16-17-8/h1-4H. The Hall–Kier alpha value is -1.41. The van der Waals surface area contributed by atoms with Crippen molar-refractivity contribution in [2.24, 2.45) is 0 Å². The number of ether oxygens (including phenoxy) is 1. The second kappa shape index (κ2) is 4.46. The molecule has 0 spiro atoms. The molecule has 8 heteroatoms. The van der Waals surface area contributed by atoms with Crippen LogP contribution < -0.4 is 9.61 Å². The molecule has 0 aliphatic heterocycles. The Morgan fingerprint density at radius 3 is 2.59 bits per heavy atom. The van der Waals surface area contributed by atoms with Gasteiger partial charge in [-0.2, -0.15) is 18.2 Å². The Bertz CT molecular complexity index is 576. The maximum absolute atomic E-state index is 12.4. The summed E-state index contributed by atoms with van der Waals surface area (Å²) in [7, 11) is 1.83. The number of halogens is 3. The molecule has 0 atom stereocenters. The number of nitrogens with zero attached hydrogens (tertiary/aromatic N) is 1. The van der Waals surface area contributed by atoms with E-state index in [2.05, 4.69) is 4.98 Å². The van der Waals surface area contributed by atoms with Gasteiger partial charge in [0.25, 0.3) is 5.19 Å². The summed E-state index contributed by atoms with van der Waals surface area (Å²) >= 11 is 0. The first-order chi connectivity index (χ1) is 7.95. The molecule has 0 fully saturated rings. The van der Waals surface area contributed by atoms with Crippen molar-refractivity contribution in [1.82, 2.24) is 4.98 Å². The number of benzene rings is 1. The van der Waals surface area contributed by atoms with E-state index in [0.29, 0.717) is 0 Å². The van der Waals surface area contributed by atoms with Gasteiger partial charge in [0.05, 0.1) is 5.56 Å². The van der Waals surface area contributed by atoms with Crippen LogP contribution in [0.3, 0.4) is 0 Å². The maximum atomic E-state index is 12.4. The molecular formula is C9H4F3NO2S2. The molecule has 0 amide bonds. The lowest BCUT2D eigenvalue weighted by molar-refractivity contribution is -0.137. The second-order valence-electron chi connectivity index (χ2n) is 2.94. The van der Waals surface area contributed by atoms with Gasteiger partial charge in [-0.25, -0.2) is 0 Å². The van der Waals surface area contributed by atoms with Crippen molar-refractivity contribution in [3.05, 3.63) is 39.5 Å². The third kappa shape index (κ3) is 3.04. The third-order valence-corrected chi connectivity index (χ3v) is 3.47. The zero-order chi connectivity index (χ0) is 12.5. The lowest BCUT2D eigenvalue weighted by Gasteiger charge is -2.07. The highest BCUT2D eigenvalue weighted by Crippen LogP contribution is 2.33. The maximum Gasteiger partial charge on any atom is 0.416 e. The summed E-state index contributed by atoms with van der Waals surface area (Å²) < 4.78 is 42.2. The van der Waals surface area contributed by atoms with Crippen LogP contribution in [0.4, 0.5) is 13.2 Å². The van der Waals surface area contributed by atoms with Crippen molar-refractivity contribution in [2.45, 2.75) is 6.18 Å². The summed E-state index contributed by atoms with van der Waals surface area (Å²) in [6.45, 7) is 0. The van der Waals surface area contributed by atoms with E-state index in [1.165, 1.54) is 12.1 Å². The first-order valence-electron chi connectivity index (χ1n) is 4.27. The van der Waals surface area contributed by atoms with E-state index in [0.717, 1.165) is 32.8 Å². The minimum absolute atomic E-state index is 0.00127. The Morgan fingerprint density at radius 2 is 2.00 bits per heavy atom. The number of hydrogen-bond donors (Lipinski definition) is 0. The van der Waals surface area contributed by atoms with Crippen LogP contribution >= 0.6 is 20.7 Å². The van der Waals surface area contributed by atoms with Crippen molar-refractivity contribution in [3.63, 3.8) is 0 Å². The van der Waals surface area contributed by atoms with Gasteiger partial charge in [0.1, 0.15) is 5.75 Å². The predicted molar refractivity (Wildman–Crippen MR) is 57.8 cm³/mol. The van der Waals surface area contributed by atoms with E-state index in [9.17, 15) is 18.0 Å². The van der Waals surface area contributed by atoms with E-state index in [-0.39, 0.29) is 10.9 Å². The lowest BCUT2D eigenvalue weighted by Crippen LogP contribution is -2.04. The van der Waals surface area contributed by atoms with Crippen molar-refractivity contribution < 1.29 is 17.9 Å². The molecule has 2 rings (SSSR count). The van der Waals surface area contributed by atoms with Gasteiger partial charge in [0.2, 0.25) is 0 Å². The smallest absolute Gasteiger partial charge is 0.416 e. The molecule has 1 aromatic carbocycles. The number of aromatic nitrogens is 1. The molecule has 17 heavy (non-hydrogen) atoms. The van der Waals surface area contributed by atoms with E-state index in [4.69, 9.17) is 4.74 Å². The highest BCUT2D eigenvalue weighted by molar-refractivity contribution is 7.69. The molecule has 1 aromatic heterocycles. The van der Waals surface area contributed by atoms with Crippen LogP contribution in [-0.2, 0) is 6.18 Å². The number of alkyl halides is 3. The van der Waals surface area contributed by atoms with Crippen molar-refractivity contribution >= 4 is 20.7 Å². The normalized spacial score (nSPS) is 11.5. The largest absolute Gasteiger partial charge is 0.430 e. The topological polar surface area (TPSA) is 39.2 Å². The van der Waals surface area contributed by atoms with Crippen LogP contribution in [0.25, 0.3) is 0 Å². The molecule has 0 radical (unpaired) electrons. The number of rotatable bonds is 2. The van der Waals surface area contributed by atoms with Crippen LogP contribution in [0.1, 0.15) is 5.56 Å². The summed E-state index contributed by atoms with van der Waals surface area (Å²) in [5.74, 6) is 0.00127. The molecular weight excluding hydrogens is 275 g/mol. The Kier molecular flexibility index (Phi) is 3.16. The summed E-state index contributed by atoms with van der Waals surface area (Å²) in [5.41, 5.74) is -0.808. The molecule has 2 aromatic rings. The first kappa shape index (κ1) is 12.1. The van der Waals surface area contributed by atoms with Gasteiger partial charge in [-0.05, 0) is 38.9 Å². The highest BCUT2D eigenvalue weighted by atomic mass is 32.9. The molecule has 0 bridgehead atoms. The zero-order valence-corrected chi connectivity index (χ0v) is 9.66. The van der Waals surface area contributed by atoms with Crippen LogP contribution in [-0.4, -0.2) is 4.98 Å². The average Bonchev–Trinajstić information content (AvgIpc) is 2.63. The Morgan fingerprint density at radius 1 is 1.24 bits per heavy atom. The molecule has 0 saturated carbocycles. The van der Waals surface area contributed by atoms with Crippen molar-refractivity contribution in [3.8, 4) is 10.9 Å². The SMILES string of the molecule is O=c1nc(Oc2cccc(C(F)(F)F)c2)ss1. The minimum atomic E-state index is -4.42. The van der Waals surface area contributed by atoms with Gasteiger partial charge in [-0.1, -0.05) is 6.07 Å². The fourth-order valence-corrected chi connectivity index (χ4v) is 2.38. The molecule has 0 N–H and O–H groups in total. The predicted octanol–water partition coefficient (Wildman–Crippen LogP) is 3.38. The summed E-state index contributed by atoms with van der Waals surface area (Å²) in [4.78, 5) is 13.8. The molecule has 0 unspecified atom stereocenters. The first-order valence-corrected chi connectivity index (χ1v) is 6.42. The van der Waals surface area contributed by atoms with Crippen LogP contribution in [0, 0.1) is 0 Å². The van der Waals surface area contributed by atoms with E-state index in [1.807, 2.05) is 0 Å². The average molecular weight is 279 g/mol. The fourth-order valence-electron chi connectivity index (χ4n) is 1.06. The minimum Gasteiger partial charge on any atom is -0.430 e. The van der Waals surface area contributed by atoms with E-state index < -0.39 is 16.6 Å². The van der Waals surface area contributed by atoms with Gasteiger partial charge in [0, 0.05) is 0 Å². The lowest BCUT2D eigenvalue weighted by atomic mass is 10.2. The number of hydrogen-bond acceptors (Lipinski definition) is 5. The summed E-state index contributed by atoms with van der Waals surface area (Å²) in [5, 5.41) is 0.0410. The Balaban J connectivity index is 2.25. The molecule has 90 valence electrons. The molecule has 0 saturated heterocycles. The monoisotopic (exact) mass is 279 g/mol. The summed E-state index contributed by atoms with van der Waals surface area (Å²) in [6, 6.07) is 4.39. The van der Waals surface area contributed by atoms with Crippen LogP contribution in [0.15, 0.2) is 29.1 Å². The van der Waals surface area contributed by atoms with E-state index >= 15 is 0 Å². The molecule has 3 nitrogen and oxygen atoms in total. The highest BCUT2D eigenvalue weighted by Gasteiger charge is 2.30. The van der Waals surface area contributed by atoms with Gasteiger partial charge < -0.3 is 4.74 Å². The van der Waals surface area contributed by atoms with Crippen molar-refractivity contribution in [1.29, 1.82) is 0 Å². The van der Waals surface area contributed by atoms with Gasteiger partial charge in [-0.15, -0.1) is 0 Å². The summed E-state index contributed by atoms with van der Waals surface area (Å²) in [6.07, 6.45) is -4.42. The molecule has 0 aliphatic carbocycles. The van der Waals surface area contributed by atoms with Gasteiger partial charge in [0.15, 0.2) is 0 Å².